The van der Waals surface area contributed by atoms with Crippen LogP contribution in [-0.2, 0) is 10.0 Å². The zero-order valence-electron chi connectivity index (χ0n) is 15.5. The molecule has 3 aromatic carbocycles. The zero-order valence-corrected chi connectivity index (χ0v) is 17.0. The van der Waals surface area contributed by atoms with E-state index in [4.69, 9.17) is 11.6 Å². The maximum atomic E-state index is 12.8. The third-order valence-electron chi connectivity index (χ3n) is 4.09. The number of rotatable bonds is 7. The van der Waals surface area contributed by atoms with Gasteiger partial charge in [-0.2, -0.15) is 0 Å². The molecule has 0 bridgehead atoms. The van der Waals surface area contributed by atoms with E-state index in [1.165, 1.54) is 29.2 Å². The number of hydrogen-bond donors (Lipinski definition) is 2. The highest BCUT2D eigenvalue weighted by Crippen LogP contribution is 2.16. The van der Waals surface area contributed by atoms with Gasteiger partial charge in [-0.1, -0.05) is 48.0 Å². The first-order chi connectivity index (χ1) is 14.0. The minimum atomic E-state index is -3.71. The summed E-state index contributed by atoms with van der Waals surface area (Å²) in [5.41, 5.74) is 1.31. The molecule has 0 radical (unpaired) electrons. The Morgan fingerprint density at radius 2 is 1.45 bits per heavy atom. The van der Waals surface area contributed by atoms with Crippen LogP contribution in [0.25, 0.3) is 0 Å². The van der Waals surface area contributed by atoms with Crippen molar-refractivity contribution in [3.63, 3.8) is 0 Å². The Kier molecular flexibility index (Phi) is 6.87. The van der Waals surface area contributed by atoms with E-state index in [0.29, 0.717) is 16.4 Å². The molecule has 0 aliphatic rings. The second-order valence-corrected chi connectivity index (χ2v) is 8.34. The summed E-state index contributed by atoms with van der Waals surface area (Å²) >= 11 is 5.81. The number of carbonyl (C=O) groups is 1. The van der Waals surface area contributed by atoms with Crippen LogP contribution < -0.4 is 14.9 Å². The average Bonchev–Trinajstić information content (AvgIpc) is 2.73. The molecule has 0 unspecified atom stereocenters. The lowest BCUT2D eigenvalue weighted by molar-refractivity contribution is 0.257. The van der Waals surface area contributed by atoms with Gasteiger partial charge in [0, 0.05) is 29.5 Å². The lowest BCUT2D eigenvalue weighted by Crippen LogP contribution is -2.41. The number of benzene rings is 3. The Hall–Kier alpha value is -2.87. The van der Waals surface area contributed by atoms with Gasteiger partial charge in [0.2, 0.25) is 10.0 Å². The van der Waals surface area contributed by atoms with Gasteiger partial charge in [-0.25, -0.2) is 17.9 Å². The lowest BCUT2D eigenvalue weighted by atomic mass is 10.3. The Morgan fingerprint density at radius 1 is 0.862 bits per heavy atom. The van der Waals surface area contributed by atoms with Crippen molar-refractivity contribution in [2.45, 2.75) is 4.90 Å². The Morgan fingerprint density at radius 3 is 2.07 bits per heavy atom. The highest BCUT2D eigenvalue weighted by atomic mass is 35.5. The maximum Gasteiger partial charge on any atom is 0.326 e. The maximum absolute atomic E-state index is 12.8. The van der Waals surface area contributed by atoms with Crippen molar-refractivity contribution in [3.05, 3.63) is 90.0 Å². The van der Waals surface area contributed by atoms with Crippen LogP contribution in [0.4, 0.5) is 16.2 Å². The number of halogens is 1. The van der Waals surface area contributed by atoms with E-state index in [1.54, 1.807) is 24.3 Å². The molecule has 0 aliphatic carbocycles. The normalized spacial score (nSPS) is 11.1. The van der Waals surface area contributed by atoms with Crippen molar-refractivity contribution in [1.29, 1.82) is 0 Å². The number of nitrogens with one attached hydrogen (secondary N) is 2. The van der Waals surface area contributed by atoms with Gasteiger partial charge in [-0.3, -0.25) is 4.90 Å². The van der Waals surface area contributed by atoms with Crippen molar-refractivity contribution in [2.75, 3.05) is 23.3 Å². The predicted octanol–water partition coefficient (Wildman–Crippen LogP) is 4.36. The number of carbonyl (C=O) groups excluding carboxylic acids is 1. The summed E-state index contributed by atoms with van der Waals surface area (Å²) in [7, 11) is -3.71. The van der Waals surface area contributed by atoms with Crippen LogP contribution in [0.15, 0.2) is 89.8 Å². The first-order valence-electron chi connectivity index (χ1n) is 8.89. The molecule has 2 amide bonds. The van der Waals surface area contributed by atoms with Crippen LogP contribution in [0.1, 0.15) is 0 Å². The molecular weight excluding hydrogens is 410 g/mol. The summed E-state index contributed by atoms with van der Waals surface area (Å²) in [5.74, 6) is 0. The fourth-order valence-corrected chi connectivity index (χ4v) is 3.80. The number of nitrogens with zero attached hydrogens (tertiary/aromatic N) is 1. The standard InChI is InChI=1S/C21H20ClN3O3S/c22-17-11-13-20(14-12-17)29(27,28)23-15-16-25(19-9-5-2-6-10-19)21(26)24-18-7-3-1-4-8-18/h1-14,23H,15-16H2,(H,24,26). The second-order valence-electron chi connectivity index (χ2n) is 6.14. The van der Waals surface area contributed by atoms with Crippen LogP contribution >= 0.6 is 11.6 Å². The summed E-state index contributed by atoms with van der Waals surface area (Å²) in [4.78, 5) is 14.4. The number of para-hydroxylation sites is 2. The molecular formula is C21H20ClN3O3S. The third kappa shape index (κ3) is 5.80. The van der Waals surface area contributed by atoms with E-state index in [-0.39, 0.29) is 24.0 Å². The summed E-state index contributed by atoms with van der Waals surface area (Å²) in [6.45, 7) is 0.192. The first kappa shape index (κ1) is 20.9. The van der Waals surface area contributed by atoms with E-state index >= 15 is 0 Å². The summed E-state index contributed by atoms with van der Waals surface area (Å²) in [6.07, 6.45) is 0. The Bertz CT molecular complexity index is 1040. The SMILES string of the molecule is O=C(Nc1ccccc1)N(CCNS(=O)(=O)c1ccc(Cl)cc1)c1ccccc1. The molecule has 0 aliphatic heterocycles. The molecule has 6 nitrogen and oxygen atoms in total. The number of urea groups is 1. The highest BCUT2D eigenvalue weighted by molar-refractivity contribution is 7.89. The predicted molar refractivity (Wildman–Crippen MR) is 116 cm³/mol. The van der Waals surface area contributed by atoms with E-state index in [2.05, 4.69) is 10.0 Å². The number of anilines is 2. The van der Waals surface area contributed by atoms with Crippen molar-refractivity contribution in [3.8, 4) is 0 Å². The van der Waals surface area contributed by atoms with E-state index in [1.807, 2.05) is 36.4 Å². The fraction of sp³-hybridized carbons (Fsp3) is 0.0952. The van der Waals surface area contributed by atoms with Gasteiger partial charge in [0.15, 0.2) is 0 Å². The van der Waals surface area contributed by atoms with Crippen LogP contribution in [0.3, 0.4) is 0 Å². The van der Waals surface area contributed by atoms with Gasteiger partial charge in [0.1, 0.15) is 0 Å². The molecule has 2 N–H and O–H groups in total. The lowest BCUT2D eigenvalue weighted by Gasteiger charge is -2.23. The van der Waals surface area contributed by atoms with Crippen LogP contribution in [-0.4, -0.2) is 27.5 Å². The molecule has 0 aromatic heterocycles. The number of sulfonamides is 1. The van der Waals surface area contributed by atoms with Gasteiger partial charge < -0.3 is 5.32 Å². The summed E-state index contributed by atoms with van der Waals surface area (Å²) in [5, 5.41) is 3.28. The zero-order chi connectivity index (χ0) is 20.7. The molecule has 150 valence electrons. The summed E-state index contributed by atoms with van der Waals surface area (Å²) < 4.78 is 27.4. The number of hydrogen-bond acceptors (Lipinski definition) is 3. The van der Waals surface area contributed by atoms with Crippen molar-refractivity contribution in [1.82, 2.24) is 4.72 Å². The molecule has 29 heavy (non-hydrogen) atoms. The van der Waals surface area contributed by atoms with Gasteiger partial charge in [0.25, 0.3) is 0 Å². The molecule has 3 aromatic rings. The van der Waals surface area contributed by atoms with E-state index in [0.717, 1.165) is 0 Å². The van der Waals surface area contributed by atoms with E-state index in [9.17, 15) is 13.2 Å². The Labute approximate surface area is 175 Å². The van der Waals surface area contributed by atoms with Crippen LogP contribution in [0, 0.1) is 0 Å². The van der Waals surface area contributed by atoms with Gasteiger partial charge in [-0.15, -0.1) is 0 Å². The molecule has 0 spiro atoms. The van der Waals surface area contributed by atoms with Crippen LogP contribution in [0.5, 0.6) is 0 Å². The molecule has 0 saturated carbocycles. The molecule has 0 heterocycles. The highest BCUT2D eigenvalue weighted by Gasteiger charge is 2.18. The molecule has 3 rings (SSSR count). The minimum absolute atomic E-state index is 0.0437. The van der Waals surface area contributed by atoms with Gasteiger partial charge in [-0.05, 0) is 48.5 Å². The average molecular weight is 430 g/mol. The topological polar surface area (TPSA) is 78.5 Å². The third-order valence-corrected chi connectivity index (χ3v) is 5.82. The largest absolute Gasteiger partial charge is 0.326 e. The smallest absolute Gasteiger partial charge is 0.308 e. The van der Waals surface area contributed by atoms with Gasteiger partial charge in [0.05, 0.1) is 4.90 Å². The van der Waals surface area contributed by atoms with Crippen LogP contribution in [0.2, 0.25) is 5.02 Å². The Balaban J connectivity index is 1.70. The van der Waals surface area contributed by atoms with E-state index < -0.39 is 10.0 Å². The van der Waals surface area contributed by atoms with Gasteiger partial charge >= 0.3 is 6.03 Å². The quantitative estimate of drug-likeness (QED) is 0.585. The van der Waals surface area contributed by atoms with Crippen molar-refractivity contribution in [2.24, 2.45) is 0 Å². The van der Waals surface area contributed by atoms with Crippen molar-refractivity contribution < 1.29 is 13.2 Å². The fourth-order valence-electron chi connectivity index (χ4n) is 2.66. The molecule has 8 heteroatoms. The molecule has 0 atom stereocenters. The number of amides is 2. The molecule has 0 saturated heterocycles. The first-order valence-corrected chi connectivity index (χ1v) is 10.8. The minimum Gasteiger partial charge on any atom is -0.308 e. The monoisotopic (exact) mass is 429 g/mol. The second kappa shape index (κ2) is 9.56. The summed E-state index contributed by atoms with van der Waals surface area (Å²) in [6, 6.07) is 23.7. The van der Waals surface area contributed by atoms with Crippen molar-refractivity contribution >= 4 is 39.0 Å². The molecule has 0 fully saturated rings.